The van der Waals surface area contributed by atoms with E-state index in [1.165, 1.54) is 0 Å². The first-order chi connectivity index (χ1) is 7.54. The number of rotatable bonds is 4. The highest BCUT2D eigenvalue weighted by Crippen LogP contribution is 2.11. The van der Waals surface area contributed by atoms with E-state index in [0.29, 0.717) is 5.82 Å². The highest BCUT2D eigenvalue weighted by molar-refractivity contribution is 5.96. The van der Waals surface area contributed by atoms with E-state index < -0.39 is 12.1 Å². The molecule has 0 aliphatic carbocycles. The molecule has 0 radical (unpaired) electrons. The van der Waals surface area contributed by atoms with Crippen molar-refractivity contribution in [1.29, 1.82) is 0 Å². The van der Waals surface area contributed by atoms with Crippen LogP contribution in [0.1, 0.15) is 19.4 Å². The molecule has 1 unspecified atom stereocenters. The molecule has 1 heterocycles. The molecule has 1 aromatic heterocycles. The van der Waals surface area contributed by atoms with Crippen LogP contribution in [0.2, 0.25) is 0 Å². The van der Waals surface area contributed by atoms with E-state index in [9.17, 15) is 9.59 Å². The summed E-state index contributed by atoms with van der Waals surface area (Å²) in [5.41, 5.74) is 5.81. The van der Waals surface area contributed by atoms with Gasteiger partial charge in [-0.3, -0.25) is 9.89 Å². The van der Waals surface area contributed by atoms with Gasteiger partial charge in [-0.1, -0.05) is 6.92 Å². The summed E-state index contributed by atoms with van der Waals surface area (Å²) in [4.78, 5) is 22.1. The van der Waals surface area contributed by atoms with E-state index in [4.69, 9.17) is 5.73 Å². The van der Waals surface area contributed by atoms with E-state index >= 15 is 0 Å². The first-order valence-electron chi connectivity index (χ1n) is 4.93. The quantitative estimate of drug-likeness (QED) is 0.577. The second-order valence-electron chi connectivity index (χ2n) is 3.34. The van der Waals surface area contributed by atoms with Crippen molar-refractivity contribution in [3.63, 3.8) is 0 Å². The molecule has 88 valence electrons. The van der Waals surface area contributed by atoms with Crippen LogP contribution >= 0.6 is 0 Å². The Hall–Kier alpha value is -2.05. The molecule has 0 saturated carbocycles. The number of nitrogens with two attached hydrogens (primary N) is 1. The van der Waals surface area contributed by atoms with Crippen LogP contribution in [0, 0.1) is 0 Å². The van der Waals surface area contributed by atoms with Gasteiger partial charge in [0.25, 0.3) is 0 Å². The van der Waals surface area contributed by atoms with Crippen LogP contribution in [0.15, 0.2) is 6.20 Å². The number of anilines is 1. The second-order valence-corrected chi connectivity index (χ2v) is 3.34. The summed E-state index contributed by atoms with van der Waals surface area (Å²) in [5.74, 6) is 0.198. The van der Waals surface area contributed by atoms with Crippen LogP contribution in [-0.2, 0) is 11.2 Å². The number of H-pyrrole nitrogens is 1. The minimum absolute atomic E-state index is 0.349. The van der Waals surface area contributed by atoms with E-state index in [2.05, 4.69) is 20.8 Å². The Balaban J connectivity index is 2.60. The Morgan fingerprint density at radius 2 is 2.31 bits per heavy atom. The highest BCUT2D eigenvalue weighted by Gasteiger charge is 2.15. The van der Waals surface area contributed by atoms with Gasteiger partial charge < -0.3 is 16.4 Å². The van der Waals surface area contributed by atoms with Gasteiger partial charge in [0.1, 0.15) is 11.9 Å². The summed E-state index contributed by atoms with van der Waals surface area (Å²) in [5, 5.41) is 11.4. The molecule has 1 atom stereocenters. The maximum atomic E-state index is 11.6. The van der Waals surface area contributed by atoms with Crippen molar-refractivity contribution >= 4 is 17.8 Å². The van der Waals surface area contributed by atoms with Crippen molar-refractivity contribution in [1.82, 2.24) is 15.5 Å². The summed E-state index contributed by atoms with van der Waals surface area (Å²) in [7, 11) is 0. The molecule has 7 nitrogen and oxygen atoms in total. The number of nitrogens with zero attached hydrogens (tertiary/aromatic N) is 1. The molecule has 16 heavy (non-hydrogen) atoms. The lowest BCUT2D eigenvalue weighted by atomic mass is 10.2. The molecule has 0 aromatic carbocycles. The number of urea groups is 1. The Morgan fingerprint density at radius 3 is 2.88 bits per heavy atom. The number of carbonyl (C=O) groups is 2. The summed E-state index contributed by atoms with van der Waals surface area (Å²) in [6, 6.07) is -1.42. The van der Waals surface area contributed by atoms with Crippen LogP contribution in [0.3, 0.4) is 0 Å². The molecule has 0 aliphatic rings. The Morgan fingerprint density at radius 1 is 1.62 bits per heavy atom. The smallest absolute Gasteiger partial charge is 0.312 e. The largest absolute Gasteiger partial charge is 0.352 e. The lowest BCUT2D eigenvalue weighted by molar-refractivity contribution is -0.117. The molecule has 0 fully saturated rings. The molecule has 3 amide bonds. The molecular formula is C9H15N5O2. The second kappa shape index (κ2) is 5.15. The van der Waals surface area contributed by atoms with E-state index in [0.717, 1.165) is 12.0 Å². The summed E-state index contributed by atoms with van der Waals surface area (Å²) in [6.07, 6.45) is 2.39. The van der Waals surface area contributed by atoms with Crippen molar-refractivity contribution in [2.75, 3.05) is 5.32 Å². The third kappa shape index (κ3) is 2.97. The fourth-order valence-corrected chi connectivity index (χ4v) is 1.20. The SMILES string of the molecule is CCc1cn[nH]c1NC(=O)C(C)NC(N)=O. The van der Waals surface area contributed by atoms with Crippen LogP contribution < -0.4 is 16.4 Å². The first kappa shape index (κ1) is 12.0. The van der Waals surface area contributed by atoms with Crippen molar-refractivity contribution in [2.24, 2.45) is 5.73 Å². The number of primary amides is 1. The van der Waals surface area contributed by atoms with E-state index in [1.807, 2.05) is 6.92 Å². The molecule has 0 saturated heterocycles. The summed E-state index contributed by atoms with van der Waals surface area (Å²) >= 11 is 0. The molecule has 1 aromatic rings. The highest BCUT2D eigenvalue weighted by atomic mass is 16.2. The zero-order chi connectivity index (χ0) is 12.1. The number of hydrogen-bond donors (Lipinski definition) is 4. The maximum Gasteiger partial charge on any atom is 0.312 e. The number of carbonyl (C=O) groups excluding carboxylic acids is 2. The average Bonchev–Trinajstić information content (AvgIpc) is 2.64. The number of aryl methyl sites for hydroxylation is 1. The average molecular weight is 225 g/mol. The number of amides is 3. The fraction of sp³-hybridized carbons (Fsp3) is 0.444. The lowest BCUT2D eigenvalue weighted by Gasteiger charge is -2.11. The number of nitrogens with one attached hydrogen (secondary N) is 3. The van der Waals surface area contributed by atoms with Gasteiger partial charge in [-0.25, -0.2) is 4.79 Å². The van der Waals surface area contributed by atoms with Crippen molar-refractivity contribution in [3.8, 4) is 0 Å². The Bertz CT molecular complexity index is 387. The van der Waals surface area contributed by atoms with Gasteiger partial charge in [-0.2, -0.15) is 5.10 Å². The van der Waals surface area contributed by atoms with Crippen molar-refractivity contribution < 1.29 is 9.59 Å². The molecule has 5 N–H and O–H groups in total. The predicted molar refractivity (Wildman–Crippen MR) is 58.8 cm³/mol. The van der Waals surface area contributed by atoms with E-state index in [-0.39, 0.29) is 5.91 Å². The van der Waals surface area contributed by atoms with Gasteiger partial charge in [0, 0.05) is 5.56 Å². The Labute approximate surface area is 92.8 Å². The molecule has 7 heteroatoms. The molecule has 0 bridgehead atoms. The third-order valence-electron chi connectivity index (χ3n) is 2.10. The Kier molecular flexibility index (Phi) is 3.87. The van der Waals surface area contributed by atoms with Crippen LogP contribution in [0.25, 0.3) is 0 Å². The number of hydrogen-bond acceptors (Lipinski definition) is 3. The van der Waals surface area contributed by atoms with Gasteiger partial charge >= 0.3 is 6.03 Å². The van der Waals surface area contributed by atoms with Crippen molar-refractivity contribution in [2.45, 2.75) is 26.3 Å². The van der Waals surface area contributed by atoms with Gasteiger partial charge in [-0.05, 0) is 13.3 Å². The van der Waals surface area contributed by atoms with Crippen LogP contribution in [-0.4, -0.2) is 28.2 Å². The predicted octanol–water partition coefficient (Wildman–Crippen LogP) is -0.0326. The molecular weight excluding hydrogens is 210 g/mol. The summed E-state index contributed by atoms with van der Waals surface area (Å²) in [6.45, 7) is 3.49. The lowest BCUT2D eigenvalue weighted by Crippen LogP contribution is -2.44. The van der Waals surface area contributed by atoms with E-state index in [1.54, 1.807) is 13.1 Å². The number of aromatic amines is 1. The molecule has 0 spiro atoms. The fourth-order valence-electron chi connectivity index (χ4n) is 1.20. The van der Waals surface area contributed by atoms with Gasteiger partial charge in [-0.15, -0.1) is 0 Å². The zero-order valence-electron chi connectivity index (χ0n) is 9.20. The normalized spacial score (nSPS) is 11.9. The van der Waals surface area contributed by atoms with Crippen molar-refractivity contribution in [3.05, 3.63) is 11.8 Å². The first-order valence-corrected chi connectivity index (χ1v) is 4.93. The van der Waals surface area contributed by atoms with Gasteiger partial charge in [0.2, 0.25) is 5.91 Å². The third-order valence-corrected chi connectivity index (χ3v) is 2.10. The number of aromatic nitrogens is 2. The minimum Gasteiger partial charge on any atom is -0.352 e. The van der Waals surface area contributed by atoms with Gasteiger partial charge in [0.15, 0.2) is 0 Å². The topological polar surface area (TPSA) is 113 Å². The molecule has 0 aliphatic heterocycles. The van der Waals surface area contributed by atoms with Gasteiger partial charge in [0.05, 0.1) is 6.20 Å². The van der Waals surface area contributed by atoms with Crippen LogP contribution in [0.5, 0.6) is 0 Å². The van der Waals surface area contributed by atoms with Crippen LogP contribution in [0.4, 0.5) is 10.6 Å². The molecule has 1 rings (SSSR count). The maximum absolute atomic E-state index is 11.6. The monoisotopic (exact) mass is 225 g/mol. The standard InChI is InChI=1S/C9H15N5O2/c1-3-6-4-11-14-7(6)13-8(15)5(2)12-9(10)16/h4-5H,3H2,1-2H3,(H3,10,12,16)(H2,11,13,14,15). The summed E-state index contributed by atoms with van der Waals surface area (Å²) < 4.78 is 0. The zero-order valence-corrected chi connectivity index (χ0v) is 9.20. The minimum atomic E-state index is -0.733.